The minimum atomic E-state index is -0.226. The number of hydrogen-bond acceptors (Lipinski definition) is 5. The van der Waals surface area contributed by atoms with Gasteiger partial charge in [-0.25, -0.2) is 4.79 Å². The van der Waals surface area contributed by atoms with Crippen LogP contribution in [-0.4, -0.2) is 46.3 Å². The van der Waals surface area contributed by atoms with Crippen molar-refractivity contribution in [2.45, 2.75) is 64.4 Å². The van der Waals surface area contributed by atoms with E-state index in [1.165, 1.54) is 0 Å². The summed E-state index contributed by atoms with van der Waals surface area (Å²) in [5, 5.41) is 8.43. The number of carbonyl (C=O) groups excluding carboxylic acids is 2. The molecule has 7 nitrogen and oxygen atoms in total. The van der Waals surface area contributed by atoms with Gasteiger partial charge in [-0.05, 0) is 75.3 Å². The molecule has 6 atom stereocenters. The lowest BCUT2D eigenvalue weighted by atomic mass is 9.62. The first kappa shape index (κ1) is 20.1. The first-order chi connectivity index (χ1) is 13.9. The summed E-state index contributed by atoms with van der Waals surface area (Å²) in [5.74, 6) is 1.08. The van der Waals surface area contributed by atoms with Crippen LogP contribution in [0.25, 0.3) is 0 Å². The van der Waals surface area contributed by atoms with E-state index >= 15 is 0 Å². The van der Waals surface area contributed by atoms with Crippen molar-refractivity contribution in [3.05, 3.63) is 23.5 Å². The molecule has 2 amide bonds. The summed E-state index contributed by atoms with van der Waals surface area (Å²) in [6, 6.07) is 3.97. The van der Waals surface area contributed by atoms with Gasteiger partial charge < -0.3 is 15.4 Å². The van der Waals surface area contributed by atoms with Crippen molar-refractivity contribution in [3.8, 4) is 0 Å². The number of carbonyl (C=O) groups is 2. The second kappa shape index (κ2) is 8.28. The Morgan fingerprint density at radius 2 is 2.03 bits per heavy atom. The van der Waals surface area contributed by atoms with Crippen LogP contribution in [0, 0.1) is 30.6 Å². The minimum absolute atomic E-state index is 0.0750. The summed E-state index contributed by atoms with van der Waals surface area (Å²) in [4.78, 5) is 26.5. The molecule has 2 heterocycles. The lowest BCUT2D eigenvalue weighted by molar-refractivity contribution is -0.127. The molecule has 1 saturated heterocycles. The Morgan fingerprint density at radius 3 is 2.72 bits per heavy atom. The largest absolute Gasteiger partial charge is 0.446 e. The van der Waals surface area contributed by atoms with Crippen molar-refractivity contribution < 1.29 is 14.3 Å². The van der Waals surface area contributed by atoms with E-state index in [1.807, 2.05) is 19.1 Å². The molecule has 2 N–H and O–H groups in total. The van der Waals surface area contributed by atoms with Crippen LogP contribution < -0.4 is 5.73 Å². The van der Waals surface area contributed by atoms with E-state index in [0.717, 1.165) is 49.9 Å². The maximum absolute atomic E-state index is 13.0. The molecule has 6 unspecified atom stereocenters. The molecule has 158 valence electrons. The van der Waals surface area contributed by atoms with Crippen LogP contribution in [0.3, 0.4) is 0 Å². The van der Waals surface area contributed by atoms with Crippen molar-refractivity contribution in [1.29, 1.82) is 0 Å². The number of ether oxygens (including phenoxy) is 1. The number of nitrogens with zero attached hydrogens (tertiary/aromatic N) is 3. The van der Waals surface area contributed by atoms with Crippen molar-refractivity contribution in [1.82, 2.24) is 15.1 Å². The zero-order valence-corrected chi connectivity index (χ0v) is 17.4. The van der Waals surface area contributed by atoms with Gasteiger partial charge in [0.25, 0.3) is 0 Å². The highest BCUT2D eigenvalue weighted by molar-refractivity contribution is 5.76. The van der Waals surface area contributed by atoms with Crippen LogP contribution in [-0.2, 0) is 9.53 Å². The van der Waals surface area contributed by atoms with Crippen molar-refractivity contribution in [2.75, 3.05) is 13.1 Å². The molecule has 2 bridgehead atoms. The lowest BCUT2D eigenvalue weighted by Gasteiger charge is -2.46. The molecule has 2 saturated carbocycles. The average Bonchev–Trinajstić information content (AvgIpc) is 3.20. The highest BCUT2D eigenvalue weighted by Gasteiger charge is 2.46. The average molecular weight is 401 g/mol. The third-order valence-corrected chi connectivity index (χ3v) is 7.25. The highest BCUT2D eigenvalue weighted by Crippen LogP contribution is 2.47. The van der Waals surface area contributed by atoms with Gasteiger partial charge in [0.15, 0.2) is 0 Å². The molecule has 4 rings (SSSR count). The Kier molecular flexibility index (Phi) is 5.74. The summed E-state index contributed by atoms with van der Waals surface area (Å²) in [5.41, 5.74) is 7.43. The second-order valence-corrected chi connectivity index (χ2v) is 9.22. The lowest BCUT2D eigenvalue weighted by Crippen LogP contribution is -2.47. The number of hydrogen-bond donors (Lipinski definition) is 1. The van der Waals surface area contributed by atoms with E-state index < -0.39 is 0 Å². The summed E-state index contributed by atoms with van der Waals surface area (Å²) >= 11 is 0. The van der Waals surface area contributed by atoms with Gasteiger partial charge in [-0.15, -0.1) is 0 Å². The van der Waals surface area contributed by atoms with Crippen LogP contribution >= 0.6 is 0 Å². The van der Waals surface area contributed by atoms with Gasteiger partial charge in [-0.2, -0.15) is 10.2 Å². The summed E-state index contributed by atoms with van der Waals surface area (Å²) < 4.78 is 6.09. The molecule has 7 heteroatoms. The molecule has 29 heavy (non-hydrogen) atoms. The number of primary amides is 1. The Balaban J connectivity index is 1.40. The van der Waals surface area contributed by atoms with Crippen molar-refractivity contribution >= 4 is 12.0 Å². The van der Waals surface area contributed by atoms with E-state index in [9.17, 15) is 9.59 Å². The third kappa shape index (κ3) is 4.23. The fourth-order valence-electron chi connectivity index (χ4n) is 5.70. The van der Waals surface area contributed by atoms with E-state index in [4.69, 9.17) is 10.5 Å². The van der Waals surface area contributed by atoms with Crippen LogP contribution in [0.15, 0.2) is 12.1 Å². The number of nitrogens with two attached hydrogens (primary N) is 1. The molecule has 1 aromatic heterocycles. The van der Waals surface area contributed by atoms with Gasteiger partial charge >= 0.3 is 6.09 Å². The number of aryl methyl sites for hydroxylation is 1. The molecule has 0 spiro atoms. The summed E-state index contributed by atoms with van der Waals surface area (Å²) in [6.45, 7) is 5.39. The van der Waals surface area contributed by atoms with Gasteiger partial charge in [0.1, 0.15) is 6.10 Å². The molecule has 0 aromatic carbocycles. The number of rotatable bonds is 4. The molecular formula is C22H32N4O3. The molecule has 3 aliphatic rings. The standard InChI is InChI=1S/C22H32N4O3/c1-3-15-8-14-9-17(11-18(10-14)21(23)27)20(15)29-22(28)26-7-6-16(12-26)19-5-4-13(2)24-25-19/h4-5,14-18,20H,3,6-12H2,1-2H3,(H2,23,27). The van der Waals surface area contributed by atoms with Gasteiger partial charge in [0.05, 0.1) is 11.4 Å². The Bertz CT molecular complexity index is 753. The Morgan fingerprint density at radius 1 is 1.21 bits per heavy atom. The molecule has 0 radical (unpaired) electrons. The Labute approximate surface area is 172 Å². The maximum atomic E-state index is 13.0. The van der Waals surface area contributed by atoms with E-state index in [2.05, 4.69) is 17.1 Å². The minimum Gasteiger partial charge on any atom is -0.446 e. The van der Waals surface area contributed by atoms with Crippen LogP contribution in [0.1, 0.15) is 62.8 Å². The zero-order chi connectivity index (χ0) is 20.5. The third-order valence-electron chi connectivity index (χ3n) is 7.25. The monoisotopic (exact) mass is 400 g/mol. The SMILES string of the molecule is CCC1CC2CC(C(N)=O)CC(C2)C1OC(=O)N1CCC(c2ccc(C)nn2)C1. The van der Waals surface area contributed by atoms with Crippen LogP contribution in [0.5, 0.6) is 0 Å². The molecule has 2 aliphatic carbocycles. The van der Waals surface area contributed by atoms with Gasteiger partial charge in [0, 0.05) is 24.9 Å². The van der Waals surface area contributed by atoms with Crippen LogP contribution in [0.4, 0.5) is 4.79 Å². The fraction of sp³-hybridized carbons (Fsp3) is 0.727. The molecular weight excluding hydrogens is 368 g/mol. The van der Waals surface area contributed by atoms with Crippen molar-refractivity contribution in [3.63, 3.8) is 0 Å². The number of aromatic nitrogens is 2. The van der Waals surface area contributed by atoms with E-state index in [-0.39, 0.29) is 35.9 Å². The predicted molar refractivity (Wildman–Crippen MR) is 108 cm³/mol. The molecule has 3 fully saturated rings. The first-order valence-corrected chi connectivity index (χ1v) is 11.0. The number of fused-ring (bicyclic) bond motifs is 2. The summed E-state index contributed by atoms with van der Waals surface area (Å²) in [7, 11) is 0. The van der Waals surface area contributed by atoms with E-state index in [1.54, 1.807) is 4.90 Å². The maximum Gasteiger partial charge on any atom is 0.410 e. The number of amides is 2. The van der Waals surface area contributed by atoms with E-state index in [0.29, 0.717) is 24.9 Å². The van der Waals surface area contributed by atoms with Gasteiger partial charge in [-0.3, -0.25) is 4.79 Å². The van der Waals surface area contributed by atoms with Crippen molar-refractivity contribution in [2.24, 2.45) is 29.4 Å². The second-order valence-electron chi connectivity index (χ2n) is 9.22. The van der Waals surface area contributed by atoms with Gasteiger partial charge in [0.2, 0.25) is 5.91 Å². The molecule has 1 aliphatic heterocycles. The van der Waals surface area contributed by atoms with Gasteiger partial charge in [-0.1, -0.05) is 6.92 Å². The topological polar surface area (TPSA) is 98.4 Å². The fourth-order valence-corrected chi connectivity index (χ4v) is 5.70. The first-order valence-electron chi connectivity index (χ1n) is 11.0. The predicted octanol–water partition coefficient (Wildman–Crippen LogP) is 3.03. The Hall–Kier alpha value is -2.18. The quantitative estimate of drug-likeness (QED) is 0.838. The smallest absolute Gasteiger partial charge is 0.410 e. The highest BCUT2D eigenvalue weighted by atomic mass is 16.6. The normalized spacial score (nSPS) is 34.1. The summed E-state index contributed by atoms with van der Waals surface area (Å²) in [6.07, 6.45) is 5.25. The number of likely N-dealkylation sites (tertiary alicyclic amines) is 1. The van der Waals surface area contributed by atoms with Crippen LogP contribution in [0.2, 0.25) is 0 Å². The zero-order valence-electron chi connectivity index (χ0n) is 17.4. The molecule has 1 aromatic rings.